The van der Waals surface area contributed by atoms with Crippen LogP contribution in [0, 0.1) is 0 Å². The highest BCUT2D eigenvalue weighted by Gasteiger charge is 2.33. The molecule has 0 spiro atoms. The number of aromatic nitrogens is 3. The average Bonchev–Trinajstić information content (AvgIpc) is 3.13. The van der Waals surface area contributed by atoms with Crippen molar-refractivity contribution in [3.05, 3.63) is 54.5 Å². The van der Waals surface area contributed by atoms with Crippen LogP contribution in [0.4, 0.5) is 5.82 Å². The number of carbonyl (C=O) groups excluding carboxylic acids is 1. The number of carbonyl (C=O) groups is 1. The molecule has 0 saturated carbocycles. The molecule has 0 aliphatic carbocycles. The fourth-order valence-corrected chi connectivity index (χ4v) is 3.38. The van der Waals surface area contributed by atoms with Crippen LogP contribution in [0.1, 0.15) is 36.7 Å². The third kappa shape index (κ3) is 1.85. The zero-order chi connectivity index (χ0) is 15.3. The Bertz CT molecular complexity index is 814. The molecule has 1 aliphatic heterocycles. The normalized spacial score (nSPS) is 21.1. The Morgan fingerprint density at radius 2 is 2.09 bits per heavy atom. The van der Waals surface area contributed by atoms with Gasteiger partial charge < -0.3 is 4.40 Å². The molecule has 3 aromatic heterocycles. The molecule has 4 heterocycles. The molecule has 0 saturated heterocycles. The van der Waals surface area contributed by atoms with E-state index in [0.717, 1.165) is 17.8 Å². The highest BCUT2D eigenvalue weighted by molar-refractivity contribution is 6.07. The summed E-state index contributed by atoms with van der Waals surface area (Å²) >= 11 is 0. The SMILES string of the molecule is CC1CC(C)n2nccc2N1C(=O)c1cc2ccccn2c1. The predicted molar refractivity (Wildman–Crippen MR) is 85.2 cm³/mol. The second kappa shape index (κ2) is 4.73. The fourth-order valence-electron chi connectivity index (χ4n) is 3.38. The van der Waals surface area contributed by atoms with E-state index < -0.39 is 0 Å². The van der Waals surface area contributed by atoms with Crippen molar-refractivity contribution in [3.63, 3.8) is 0 Å². The number of nitrogens with zero attached hydrogens (tertiary/aromatic N) is 4. The van der Waals surface area contributed by atoms with E-state index >= 15 is 0 Å². The fraction of sp³-hybridized carbons (Fsp3) is 0.294. The lowest BCUT2D eigenvalue weighted by molar-refractivity contribution is 0.0967. The first-order valence-electron chi connectivity index (χ1n) is 7.59. The first-order valence-corrected chi connectivity index (χ1v) is 7.59. The second-order valence-electron chi connectivity index (χ2n) is 6.00. The maximum Gasteiger partial charge on any atom is 0.261 e. The van der Waals surface area contributed by atoms with Crippen molar-refractivity contribution in [2.45, 2.75) is 32.4 Å². The van der Waals surface area contributed by atoms with E-state index in [4.69, 9.17) is 0 Å². The highest BCUT2D eigenvalue weighted by atomic mass is 16.2. The molecule has 0 bridgehead atoms. The third-order valence-corrected chi connectivity index (χ3v) is 4.41. The van der Waals surface area contributed by atoms with Gasteiger partial charge in [0.25, 0.3) is 5.91 Å². The van der Waals surface area contributed by atoms with Gasteiger partial charge in [-0.2, -0.15) is 5.10 Å². The predicted octanol–water partition coefficient (Wildman–Crippen LogP) is 3.14. The topological polar surface area (TPSA) is 42.5 Å². The van der Waals surface area contributed by atoms with E-state index in [1.807, 2.05) is 56.7 Å². The number of pyridine rings is 1. The molecular formula is C17H18N4O. The van der Waals surface area contributed by atoms with Gasteiger partial charge in [0.05, 0.1) is 17.8 Å². The molecule has 1 amide bonds. The van der Waals surface area contributed by atoms with Gasteiger partial charge in [-0.25, -0.2) is 4.68 Å². The molecule has 1 aliphatic rings. The minimum absolute atomic E-state index is 0.0323. The number of hydrogen-bond acceptors (Lipinski definition) is 2. The summed E-state index contributed by atoms with van der Waals surface area (Å²) < 4.78 is 3.91. The molecule has 112 valence electrons. The van der Waals surface area contributed by atoms with Gasteiger partial charge in [0.2, 0.25) is 0 Å². The molecule has 5 nitrogen and oxygen atoms in total. The summed E-state index contributed by atoms with van der Waals surface area (Å²) in [5, 5.41) is 4.36. The van der Waals surface area contributed by atoms with Crippen LogP contribution < -0.4 is 4.90 Å². The van der Waals surface area contributed by atoms with Gasteiger partial charge in [-0.3, -0.25) is 9.69 Å². The van der Waals surface area contributed by atoms with E-state index in [-0.39, 0.29) is 11.9 Å². The smallest absolute Gasteiger partial charge is 0.261 e. The zero-order valence-electron chi connectivity index (χ0n) is 12.7. The van der Waals surface area contributed by atoms with E-state index in [2.05, 4.69) is 18.9 Å². The van der Waals surface area contributed by atoms with Gasteiger partial charge in [-0.15, -0.1) is 0 Å². The standard InChI is InChI=1S/C17H18N4O/c1-12-9-13(2)21-16(6-7-18-21)20(12)17(22)14-10-15-5-3-4-8-19(15)11-14/h3-8,10-13H,9H2,1-2H3. The molecule has 0 fully saturated rings. The summed E-state index contributed by atoms with van der Waals surface area (Å²) in [7, 11) is 0. The van der Waals surface area contributed by atoms with Crippen molar-refractivity contribution in [2.24, 2.45) is 0 Å². The summed E-state index contributed by atoms with van der Waals surface area (Å²) in [6.45, 7) is 4.24. The van der Waals surface area contributed by atoms with Gasteiger partial charge in [0, 0.05) is 30.0 Å². The van der Waals surface area contributed by atoms with Crippen LogP contribution in [0.25, 0.3) is 5.52 Å². The minimum Gasteiger partial charge on any atom is -0.323 e. The highest BCUT2D eigenvalue weighted by Crippen LogP contribution is 2.32. The van der Waals surface area contributed by atoms with Crippen molar-refractivity contribution in [1.29, 1.82) is 0 Å². The number of hydrogen-bond donors (Lipinski definition) is 0. The summed E-state index contributed by atoms with van der Waals surface area (Å²) in [5.74, 6) is 0.913. The van der Waals surface area contributed by atoms with Crippen LogP contribution >= 0.6 is 0 Å². The van der Waals surface area contributed by atoms with Gasteiger partial charge in [-0.1, -0.05) is 6.07 Å². The second-order valence-corrected chi connectivity index (χ2v) is 6.00. The maximum absolute atomic E-state index is 13.0. The zero-order valence-corrected chi connectivity index (χ0v) is 12.7. The lowest BCUT2D eigenvalue weighted by atomic mass is 10.0. The summed E-state index contributed by atoms with van der Waals surface area (Å²) in [5.41, 5.74) is 1.73. The Morgan fingerprint density at radius 3 is 2.91 bits per heavy atom. The Labute approximate surface area is 128 Å². The van der Waals surface area contributed by atoms with Gasteiger partial charge >= 0.3 is 0 Å². The van der Waals surface area contributed by atoms with E-state index in [1.54, 1.807) is 6.20 Å². The third-order valence-electron chi connectivity index (χ3n) is 4.41. The summed E-state index contributed by atoms with van der Waals surface area (Å²) in [4.78, 5) is 14.9. The Hall–Kier alpha value is -2.56. The van der Waals surface area contributed by atoms with Crippen molar-refractivity contribution in [2.75, 3.05) is 4.90 Å². The van der Waals surface area contributed by atoms with Crippen LogP contribution in [-0.4, -0.2) is 26.1 Å². The van der Waals surface area contributed by atoms with Crippen molar-refractivity contribution >= 4 is 17.2 Å². The quantitative estimate of drug-likeness (QED) is 0.692. The monoisotopic (exact) mass is 294 g/mol. The Morgan fingerprint density at radius 1 is 1.23 bits per heavy atom. The van der Waals surface area contributed by atoms with Crippen molar-refractivity contribution in [3.8, 4) is 0 Å². The van der Waals surface area contributed by atoms with Crippen LogP contribution in [0.3, 0.4) is 0 Å². The average molecular weight is 294 g/mol. The minimum atomic E-state index is 0.0323. The first-order chi connectivity index (χ1) is 10.6. The van der Waals surface area contributed by atoms with E-state index in [0.29, 0.717) is 11.6 Å². The lowest BCUT2D eigenvalue weighted by Gasteiger charge is -2.36. The van der Waals surface area contributed by atoms with Crippen molar-refractivity contribution in [1.82, 2.24) is 14.2 Å². The molecule has 2 unspecified atom stereocenters. The van der Waals surface area contributed by atoms with E-state index in [9.17, 15) is 4.79 Å². The molecule has 5 heteroatoms. The van der Waals surface area contributed by atoms with E-state index in [1.165, 1.54) is 0 Å². The van der Waals surface area contributed by atoms with Gasteiger partial charge in [0.1, 0.15) is 5.82 Å². The molecule has 0 aromatic carbocycles. The van der Waals surface area contributed by atoms with Crippen LogP contribution in [-0.2, 0) is 0 Å². The summed E-state index contributed by atoms with van der Waals surface area (Å²) in [6.07, 6.45) is 6.52. The molecule has 22 heavy (non-hydrogen) atoms. The van der Waals surface area contributed by atoms with Gasteiger partial charge in [0.15, 0.2) is 0 Å². The summed E-state index contributed by atoms with van der Waals surface area (Å²) in [6, 6.07) is 10.3. The first kappa shape index (κ1) is 13.1. The number of rotatable bonds is 1. The lowest BCUT2D eigenvalue weighted by Crippen LogP contribution is -2.44. The molecular weight excluding hydrogens is 276 g/mol. The Kier molecular flexibility index (Phi) is 2.82. The maximum atomic E-state index is 13.0. The molecule has 4 rings (SSSR count). The number of amides is 1. The molecule has 0 radical (unpaired) electrons. The van der Waals surface area contributed by atoms with Crippen LogP contribution in [0.15, 0.2) is 48.9 Å². The largest absolute Gasteiger partial charge is 0.323 e. The van der Waals surface area contributed by atoms with Crippen LogP contribution in [0.5, 0.6) is 0 Å². The molecule has 2 atom stereocenters. The number of fused-ring (bicyclic) bond motifs is 2. The van der Waals surface area contributed by atoms with Gasteiger partial charge in [-0.05, 0) is 38.5 Å². The molecule has 3 aromatic rings. The number of anilines is 1. The van der Waals surface area contributed by atoms with Crippen LogP contribution in [0.2, 0.25) is 0 Å². The Balaban J connectivity index is 1.77. The van der Waals surface area contributed by atoms with Crippen molar-refractivity contribution < 1.29 is 4.79 Å². The molecule has 0 N–H and O–H groups in total.